The number of allylic oxidation sites excluding steroid dienone is 1. The third-order valence-electron chi connectivity index (χ3n) is 3.22. The molecule has 23 heavy (non-hydrogen) atoms. The van der Waals surface area contributed by atoms with Crippen molar-refractivity contribution in [1.29, 1.82) is 0 Å². The smallest absolute Gasteiger partial charge is 0.243 e. The van der Waals surface area contributed by atoms with Gasteiger partial charge in [-0.1, -0.05) is 12.5 Å². The molecular formula is C16H33IN4O2. The first kappa shape index (κ1) is 24.4. The summed E-state index contributed by atoms with van der Waals surface area (Å²) in [4.78, 5) is 19.7. The maximum Gasteiger partial charge on any atom is 0.243 e. The van der Waals surface area contributed by atoms with E-state index in [0.29, 0.717) is 13.2 Å². The van der Waals surface area contributed by atoms with Gasteiger partial charge < -0.3 is 19.9 Å². The molecule has 0 heterocycles. The zero-order chi connectivity index (χ0) is 16.8. The first-order valence-electron chi connectivity index (χ1n) is 7.82. The lowest BCUT2D eigenvalue weighted by Crippen LogP contribution is -2.41. The third kappa shape index (κ3) is 13.3. The average Bonchev–Trinajstić information content (AvgIpc) is 2.49. The van der Waals surface area contributed by atoms with E-state index < -0.39 is 0 Å². The fourth-order valence-corrected chi connectivity index (χ4v) is 1.78. The normalized spacial score (nSPS) is 10.7. The van der Waals surface area contributed by atoms with Crippen LogP contribution < -0.4 is 5.32 Å². The number of hydrogen-bond donors (Lipinski definition) is 1. The van der Waals surface area contributed by atoms with E-state index in [0.717, 1.165) is 25.3 Å². The molecule has 0 spiro atoms. The van der Waals surface area contributed by atoms with Crippen LogP contribution in [0.25, 0.3) is 0 Å². The van der Waals surface area contributed by atoms with E-state index in [1.165, 1.54) is 12.8 Å². The Balaban J connectivity index is 0. The van der Waals surface area contributed by atoms with Gasteiger partial charge in [-0.25, -0.2) is 4.99 Å². The van der Waals surface area contributed by atoms with Gasteiger partial charge in [-0.2, -0.15) is 0 Å². The number of amides is 1. The van der Waals surface area contributed by atoms with Crippen molar-refractivity contribution in [2.75, 3.05) is 54.5 Å². The number of unbranched alkanes of at least 4 members (excludes halogenated alkanes) is 3. The van der Waals surface area contributed by atoms with E-state index in [1.807, 2.05) is 13.1 Å². The van der Waals surface area contributed by atoms with E-state index in [1.54, 1.807) is 26.1 Å². The average molecular weight is 440 g/mol. The zero-order valence-electron chi connectivity index (χ0n) is 15.0. The molecule has 0 aliphatic heterocycles. The van der Waals surface area contributed by atoms with Gasteiger partial charge in [0.1, 0.15) is 6.54 Å². The van der Waals surface area contributed by atoms with Crippen LogP contribution in [-0.4, -0.2) is 76.2 Å². The van der Waals surface area contributed by atoms with Crippen LogP contribution in [-0.2, 0) is 9.53 Å². The summed E-state index contributed by atoms with van der Waals surface area (Å²) in [7, 11) is 7.13. The number of nitrogens with zero attached hydrogens (tertiary/aromatic N) is 3. The van der Waals surface area contributed by atoms with Crippen molar-refractivity contribution in [3.63, 3.8) is 0 Å². The number of rotatable bonds is 11. The molecule has 0 radical (unpaired) electrons. The van der Waals surface area contributed by atoms with Gasteiger partial charge in [0.25, 0.3) is 0 Å². The largest absolute Gasteiger partial charge is 0.383 e. The molecule has 0 saturated carbocycles. The molecule has 1 N–H and O–H groups in total. The van der Waals surface area contributed by atoms with Gasteiger partial charge in [0.15, 0.2) is 5.96 Å². The van der Waals surface area contributed by atoms with Crippen molar-refractivity contribution in [2.24, 2.45) is 4.99 Å². The van der Waals surface area contributed by atoms with Gasteiger partial charge >= 0.3 is 0 Å². The summed E-state index contributed by atoms with van der Waals surface area (Å²) in [5.41, 5.74) is 0. The quantitative estimate of drug-likeness (QED) is 0.176. The Morgan fingerprint density at radius 1 is 1.26 bits per heavy atom. The van der Waals surface area contributed by atoms with Crippen LogP contribution in [0.3, 0.4) is 0 Å². The van der Waals surface area contributed by atoms with Crippen molar-refractivity contribution in [1.82, 2.24) is 15.1 Å². The summed E-state index contributed by atoms with van der Waals surface area (Å²) < 4.78 is 5.04. The standard InChI is InChI=1S/C16H32N4O2.HI/c1-6-7-8-9-10-12-20(4)16(17-11-13-22-5)18-14-15(21)19(2)3;/h6H,1,7-14H2,2-5H3,(H,17,18);1H. The minimum absolute atomic E-state index is 0. The Hall–Kier alpha value is -0.830. The van der Waals surface area contributed by atoms with Crippen LogP contribution in [0.15, 0.2) is 17.6 Å². The Bertz CT molecular complexity index is 349. The molecule has 0 fully saturated rings. The summed E-state index contributed by atoms with van der Waals surface area (Å²) in [6.45, 7) is 6.07. The molecule has 0 rings (SSSR count). The van der Waals surface area contributed by atoms with Crippen molar-refractivity contribution < 1.29 is 9.53 Å². The van der Waals surface area contributed by atoms with Crippen LogP contribution in [0.4, 0.5) is 0 Å². The first-order chi connectivity index (χ1) is 10.5. The third-order valence-corrected chi connectivity index (χ3v) is 3.22. The second-order valence-electron chi connectivity index (χ2n) is 5.41. The molecule has 0 saturated heterocycles. The lowest BCUT2D eigenvalue weighted by atomic mass is 10.2. The highest BCUT2D eigenvalue weighted by Gasteiger charge is 2.08. The number of likely N-dealkylation sites (N-methyl/N-ethyl adjacent to an activating group) is 1. The molecule has 0 aliphatic carbocycles. The minimum Gasteiger partial charge on any atom is -0.383 e. The van der Waals surface area contributed by atoms with E-state index in [9.17, 15) is 4.79 Å². The number of aliphatic imine (C=N–C) groups is 1. The van der Waals surface area contributed by atoms with Gasteiger partial charge in [-0.15, -0.1) is 30.6 Å². The summed E-state index contributed by atoms with van der Waals surface area (Å²) in [6.07, 6.45) is 6.44. The molecule has 7 heteroatoms. The number of carbonyl (C=O) groups excluding carboxylic acids is 1. The summed E-state index contributed by atoms with van der Waals surface area (Å²) in [6, 6.07) is 0. The Kier molecular flexibility index (Phi) is 17.0. The number of guanidine groups is 1. The number of carbonyl (C=O) groups is 1. The maximum atomic E-state index is 11.7. The summed E-state index contributed by atoms with van der Waals surface area (Å²) in [5, 5.41) is 3.23. The van der Waals surface area contributed by atoms with E-state index >= 15 is 0 Å². The van der Waals surface area contributed by atoms with Crippen LogP contribution in [0.5, 0.6) is 0 Å². The number of nitrogens with one attached hydrogen (secondary N) is 1. The monoisotopic (exact) mass is 440 g/mol. The molecule has 0 unspecified atom stereocenters. The molecule has 0 aromatic rings. The second kappa shape index (κ2) is 16.0. The van der Waals surface area contributed by atoms with Gasteiger partial charge in [0.05, 0.1) is 6.61 Å². The summed E-state index contributed by atoms with van der Waals surface area (Å²) >= 11 is 0. The number of methoxy groups -OCH3 is 1. The first-order valence-corrected chi connectivity index (χ1v) is 7.82. The van der Waals surface area contributed by atoms with E-state index in [-0.39, 0.29) is 36.4 Å². The van der Waals surface area contributed by atoms with Gasteiger partial charge in [0, 0.05) is 41.3 Å². The molecule has 6 nitrogen and oxygen atoms in total. The van der Waals surface area contributed by atoms with Crippen molar-refractivity contribution in [2.45, 2.75) is 25.7 Å². The minimum atomic E-state index is -0.00887. The zero-order valence-corrected chi connectivity index (χ0v) is 17.3. The Labute approximate surface area is 158 Å². The van der Waals surface area contributed by atoms with Gasteiger partial charge in [0.2, 0.25) is 5.91 Å². The molecule has 136 valence electrons. The molecule has 1 amide bonds. The second-order valence-corrected chi connectivity index (χ2v) is 5.41. The van der Waals surface area contributed by atoms with Crippen LogP contribution >= 0.6 is 24.0 Å². The SMILES string of the molecule is C=CCCCCCN(C)C(=NCC(=O)N(C)C)NCCOC.I. The highest BCUT2D eigenvalue weighted by atomic mass is 127. The predicted molar refractivity (Wildman–Crippen MR) is 108 cm³/mol. The number of halogens is 1. The highest BCUT2D eigenvalue weighted by Crippen LogP contribution is 2.01. The van der Waals surface area contributed by atoms with Gasteiger partial charge in [-0.05, 0) is 19.3 Å². The van der Waals surface area contributed by atoms with Crippen molar-refractivity contribution in [3.8, 4) is 0 Å². The molecule has 0 aromatic carbocycles. The van der Waals surface area contributed by atoms with Crippen LogP contribution in [0.1, 0.15) is 25.7 Å². The number of hydrogen-bond acceptors (Lipinski definition) is 3. The lowest BCUT2D eigenvalue weighted by Gasteiger charge is -2.22. The van der Waals surface area contributed by atoms with E-state index in [4.69, 9.17) is 4.74 Å². The predicted octanol–water partition coefficient (Wildman–Crippen LogP) is 1.96. The molecule has 0 bridgehead atoms. The fraction of sp³-hybridized carbons (Fsp3) is 0.750. The highest BCUT2D eigenvalue weighted by molar-refractivity contribution is 14.0. The number of ether oxygens (including phenoxy) is 1. The molecule has 0 aliphatic rings. The van der Waals surface area contributed by atoms with Crippen LogP contribution in [0.2, 0.25) is 0 Å². The van der Waals surface area contributed by atoms with E-state index in [2.05, 4.69) is 21.8 Å². The fourth-order valence-electron chi connectivity index (χ4n) is 1.78. The summed E-state index contributed by atoms with van der Waals surface area (Å²) in [5.74, 6) is 0.737. The van der Waals surface area contributed by atoms with Crippen molar-refractivity contribution in [3.05, 3.63) is 12.7 Å². The van der Waals surface area contributed by atoms with Crippen LogP contribution in [0, 0.1) is 0 Å². The van der Waals surface area contributed by atoms with Crippen molar-refractivity contribution >= 4 is 35.8 Å². The maximum absolute atomic E-state index is 11.7. The Morgan fingerprint density at radius 2 is 1.96 bits per heavy atom. The Morgan fingerprint density at radius 3 is 2.52 bits per heavy atom. The molecular weight excluding hydrogens is 407 g/mol. The van der Waals surface area contributed by atoms with Gasteiger partial charge in [-0.3, -0.25) is 4.79 Å². The molecule has 0 atom stereocenters. The topological polar surface area (TPSA) is 57.2 Å². The lowest BCUT2D eigenvalue weighted by molar-refractivity contribution is -0.127. The molecule has 0 aromatic heterocycles.